The van der Waals surface area contributed by atoms with E-state index in [0.717, 1.165) is 48.4 Å². The Morgan fingerprint density at radius 3 is 2.85 bits per heavy atom. The Bertz CT molecular complexity index is 605. The Hall–Kier alpha value is -1.95. The van der Waals surface area contributed by atoms with Crippen LogP contribution < -0.4 is 10.2 Å². The molecular weight excluding hydrogens is 252 g/mol. The second kappa shape index (κ2) is 5.20. The molecule has 1 atom stereocenters. The van der Waals surface area contributed by atoms with Crippen LogP contribution in [-0.2, 0) is 0 Å². The van der Waals surface area contributed by atoms with Gasteiger partial charge in [-0.05, 0) is 32.9 Å². The van der Waals surface area contributed by atoms with Gasteiger partial charge in [-0.2, -0.15) is 4.98 Å². The van der Waals surface area contributed by atoms with Crippen LogP contribution in [0.15, 0.2) is 12.1 Å². The highest BCUT2D eigenvalue weighted by Gasteiger charge is 2.20. The number of aryl methyl sites for hydroxylation is 2. The van der Waals surface area contributed by atoms with Crippen molar-refractivity contribution >= 4 is 5.95 Å². The zero-order chi connectivity index (χ0) is 14.1. The van der Waals surface area contributed by atoms with E-state index in [0.29, 0.717) is 6.04 Å². The van der Waals surface area contributed by atoms with Crippen LogP contribution in [0.4, 0.5) is 5.95 Å². The molecule has 0 spiro atoms. The molecule has 0 amide bonds. The van der Waals surface area contributed by atoms with Gasteiger partial charge in [0.1, 0.15) is 0 Å². The van der Waals surface area contributed by atoms with Crippen molar-refractivity contribution in [2.45, 2.75) is 26.8 Å². The summed E-state index contributed by atoms with van der Waals surface area (Å²) in [7, 11) is 0. The number of hydrogen-bond acceptors (Lipinski definition) is 5. The minimum absolute atomic E-state index is 0.466. The van der Waals surface area contributed by atoms with Crippen molar-refractivity contribution in [2.75, 3.05) is 24.5 Å². The van der Waals surface area contributed by atoms with Crippen molar-refractivity contribution in [1.82, 2.24) is 25.5 Å². The van der Waals surface area contributed by atoms with Gasteiger partial charge in [0.2, 0.25) is 5.95 Å². The summed E-state index contributed by atoms with van der Waals surface area (Å²) in [5, 5.41) is 10.8. The largest absolute Gasteiger partial charge is 0.337 e. The first-order valence-corrected chi connectivity index (χ1v) is 6.99. The highest BCUT2D eigenvalue weighted by atomic mass is 15.4. The predicted octanol–water partition coefficient (Wildman–Crippen LogP) is 1.28. The standard InChI is InChI=1S/C14H20N6/c1-9-4-5-12(11(3)16-9)13-17-14(19-18-13)20-7-6-15-10(2)8-20/h4-5,10,15H,6-8H2,1-3H3,(H,17,18,19)/t10-/m0/s1. The smallest absolute Gasteiger partial charge is 0.245 e. The maximum absolute atomic E-state index is 4.62. The van der Waals surface area contributed by atoms with Crippen LogP contribution >= 0.6 is 0 Å². The number of aromatic nitrogens is 4. The summed E-state index contributed by atoms with van der Waals surface area (Å²) in [6, 6.07) is 4.51. The number of aromatic amines is 1. The Morgan fingerprint density at radius 2 is 2.10 bits per heavy atom. The molecule has 1 fully saturated rings. The van der Waals surface area contributed by atoms with Crippen LogP contribution in [-0.4, -0.2) is 45.8 Å². The molecular formula is C14H20N6. The molecule has 3 rings (SSSR count). The Labute approximate surface area is 118 Å². The van der Waals surface area contributed by atoms with Gasteiger partial charge in [-0.1, -0.05) is 0 Å². The third-order valence-electron chi connectivity index (χ3n) is 3.61. The summed E-state index contributed by atoms with van der Waals surface area (Å²) in [5.74, 6) is 1.56. The van der Waals surface area contributed by atoms with E-state index in [2.05, 4.69) is 37.3 Å². The molecule has 2 aromatic rings. The quantitative estimate of drug-likeness (QED) is 0.862. The topological polar surface area (TPSA) is 69.7 Å². The number of piperazine rings is 1. The first-order valence-electron chi connectivity index (χ1n) is 6.99. The molecule has 0 radical (unpaired) electrons. The summed E-state index contributed by atoms with van der Waals surface area (Å²) >= 11 is 0. The number of pyridine rings is 1. The van der Waals surface area contributed by atoms with Gasteiger partial charge in [-0.15, -0.1) is 5.10 Å². The Balaban J connectivity index is 1.86. The molecule has 20 heavy (non-hydrogen) atoms. The molecule has 0 bridgehead atoms. The second-order valence-electron chi connectivity index (χ2n) is 5.37. The number of nitrogens with one attached hydrogen (secondary N) is 2. The van der Waals surface area contributed by atoms with Crippen LogP contribution in [0.2, 0.25) is 0 Å². The summed E-state index contributed by atoms with van der Waals surface area (Å²) < 4.78 is 0. The lowest BCUT2D eigenvalue weighted by atomic mass is 10.2. The fraction of sp³-hybridized carbons (Fsp3) is 0.500. The molecule has 2 N–H and O–H groups in total. The van der Waals surface area contributed by atoms with Crippen LogP contribution in [0.3, 0.4) is 0 Å². The monoisotopic (exact) mass is 272 g/mol. The van der Waals surface area contributed by atoms with Gasteiger partial charge in [0.25, 0.3) is 0 Å². The third-order valence-corrected chi connectivity index (χ3v) is 3.61. The predicted molar refractivity (Wildman–Crippen MR) is 78.8 cm³/mol. The Kier molecular flexibility index (Phi) is 3.40. The normalized spacial score (nSPS) is 19.4. The maximum atomic E-state index is 4.62. The highest BCUT2D eigenvalue weighted by Crippen LogP contribution is 2.21. The molecule has 0 aromatic carbocycles. The van der Waals surface area contributed by atoms with Gasteiger partial charge in [0.15, 0.2) is 5.82 Å². The summed E-state index contributed by atoms with van der Waals surface area (Å²) in [5.41, 5.74) is 3.00. The van der Waals surface area contributed by atoms with E-state index >= 15 is 0 Å². The molecule has 2 aromatic heterocycles. The second-order valence-corrected chi connectivity index (χ2v) is 5.37. The lowest BCUT2D eigenvalue weighted by Gasteiger charge is -2.30. The SMILES string of the molecule is Cc1ccc(-c2nc(N3CCN[C@@H](C)C3)n[nH]2)c(C)n1. The van der Waals surface area contributed by atoms with Crippen molar-refractivity contribution in [3.63, 3.8) is 0 Å². The summed E-state index contributed by atoms with van der Waals surface area (Å²) in [4.78, 5) is 11.3. The molecule has 0 saturated carbocycles. The first kappa shape index (κ1) is 13.1. The van der Waals surface area contributed by atoms with Crippen molar-refractivity contribution < 1.29 is 0 Å². The third kappa shape index (κ3) is 2.51. The number of hydrogen-bond donors (Lipinski definition) is 2. The lowest BCUT2D eigenvalue weighted by molar-refractivity contribution is 0.480. The maximum Gasteiger partial charge on any atom is 0.245 e. The van der Waals surface area contributed by atoms with E-state index in [1.807, 2.05) is 26.0 Å². The molecule has 106 valence electrons. The minimum Gasteiger partial charge on any atom is -0.337 e. The molecule has 0 unspecified atom stereocenters. The van der Waals surface area contributed by atoms with Crippen molar-refractivity contribution in [3.05, 3.63) is 23.5 Å². The van der Waals surface area contributed by atoms with E-state index in [9.17, 15) is 0 Å². The highest BCUT2D eigenvalue weighted by molar-refractivity contribution is 5.59. The minimum atomic E-state index is 0.466. The Morgan fingerprint density at radius 1 is 1.25 bits per heavy atom. The van der Waals surface area contributed by atoms with Crippen LogP contribution in [0.25, 0.3) is 11.4 Å². The number of H-pyrrole nitrogens is 1. The molecule has 0 aliphatic carbocycles. The molecule has 1 aliphatic rings. The van der Waals surface area contributed by atoms with Crippen molar-refractivity contribution in [2.24, 2.45) is 0 Å². The van der Waals surface area contributed by atoms with E-state index in [-0.39, 0.29) is 0 Å². The van der Waals surface area contributed by atoms with Crippen molar-refractivity contribution in [1.29, 1.82) is 0 Å². The van der Waals surface area contributed by atoms with Crippen LogP contribution in [0.1, 0.15) is 18.3 Å². The van der Waals surface area contributed by atoms with Crippen LogP contribution in [0, 0.1) is 13.8 Å². The lowest BCUT2D eigenvalue weighted by Crippen LogP contribution is -2.49. The van der Waals surface area contributed by atoms with E-state index in [1.165, 1.54) is 0 Å². The molecule has 1 aliphatic heterocycles. The average Bonchev–Trinajstić information content (AvgIpc) is 2.88. The molecule has 1 saturated heterocycles. The average molecular weight is 272 g/mol. The van der Waals surface area contributed by atoms with E-state index < -0.39 is 0 Å². The van der Waals surface area contributed by atoms with Gasteiger partial charge in [0, 0.05) is 42.6 Å². The summed E-state index contributed by atoms with van der Waals surface area (Å²) in [6.45, 7) is 9.00. The van der Waals surface area contributed by atoms with Gasteiger partial charge < -0.3 is 10.2 Å². The van der Waals surface area contributed by atoms with E-state index in [1.54, 1.807) is 0 Å². The van der Waals surface area contributed by atoms with E-state index in [4.69, 9.17) is 0 Å². The van der Waals surface area contributed by atoms with Crippen LogP contribution in [0.5, 0.6) is 0 Å². The first-order chi connectivity index (χ1) is 9.63. The number of nitrogens with zero attached hydrogens (tertiary/aromatic N) is 4. The fourth-order valence-electron chi connectivity index (χ4n) is 2.57. The number of rotatable bonds is 2. The van der Waals surface area contributed by atoms with Gasteiger partial charge >= 0.3 is 0 Å². The summed E-state index contributed by atoms with van der Waals surface area (Å²) in [6.07, 6.45) is 0. The molecule has 6 heteroatoms. The molecule has 3 heterocycles. The zero-order valence-electron chi connectivity index (χ0n) is 12.1. The van der Waals surface area contributed by atoms with Crippen molar-refractivity contribution in [3.8, 4) is 11.4 Å². The molecule has 6 nitrogen and oxygen atoms in total. The van der Waals surface area contributed by atoms with Gasteiger partial charge in [-0.3, -0.25) is 10.1 Å². The van der Waals surface area contributed by atoms with Gasteiger partial charge in [-0.25, -0.2) is 0 Å². The van der Waals surface area contributed by atoms with Gasteiger partial charge in [0.05, 0.1) is 0 Å². The fourth-order valence-corrected chi connectivity index (χ4v) is 2.57. The zero-order valence-corrected chi connectivity index (χ0v) is 12.1. The number of anilines is 1.